The minimum absolute atomic E-state index is 0.106. The van der Waals surface area contributed by atoms with Crippen molar-refractivity contribution in [3.8, 4) is 5.75 Å². The largest absolute Gasteiger partial charge is 0.493 e. The van der Waals surface area contributed by atoms with Gasteiger partial charge in [0.25, 0.3) is 0 Å². The highest BCUT2D eigenvalue weighted by Gasteiger charge is 2.10. The molecule has 1 rings (SSSR count). The molecule has 0 aromatic heterocycles. The third kappa shape index (κ3) is 5.54. The highest BCUT2D eigenvalue weighted by Crippen LogP contribution is 2.12. The first kappa shape index (κ1) is 15.0. The number of aryl methyl sites for hydroxylation is 1. The Kier molecular flexibility index (Phi) is 6.19. The van der Waals surface area contributed by atoms with Crippen molar-refractivity contribution in [2.75, 3.05) is 20.2 Å². The van der Waals surface area contributed by atoms with Crippen LogP contribution in [0.25, 0.3) is 0 Å². The van der Waals surface area contributed by atoms with Gasteiger partial charge in [0.2, 0.25) is 5.91 Å². The van der Waals surface area contributed by atoms with Crippen LogP contribution in [0.1, 0.15) is 18.9 Å². The van der Waals surface area contributed by atoms with Gasteiger partial charge in [-0.15, -0.1) is 0 Å². The van der Waals surface area contributed by atoms with Crippen LogP contribution in [0.3, 0.4) is 0 Å². The molecule has 0 bridgehead atoms. The Balaban J connectivity index is 2.31. The molecule has 18 heavy (non-hydrogen) atoms. The summed E-state index contributed by atoms with van der Waals surface area (Å²) in [5.41, 5.74) is 1.16. The van der Waals surface area contributed by atoms with E-state index in [1.54, 1.807) is 4.90 Å². The molecule has 1 unspecified atom stereocenters. The third-order valence-electron chi connectivity index (χ3n) is 2.53. The number of nitrogens with zero attached hydrogens (tertiary/aromatic N) is 1. The van der Waals surface area contributed by atoms with Gasteiger partial charge in [0.1, 0.15) is 5.75 Å². The Hall–Kier alpha value is -1.03. The summed E-state index contributed by atoms with van der Waals surface area (Å²) in [4.78, 5) is 13.8. The minimum atomic E-state index is 0.106. The zero-order chi connectivity index (χ0) is 13.5. The van der Waals surface area contributed by atoms with E-state index >= 15 is 0 Å². The molecule has 1 atom stereocenters. The van der Waals surface area contributed by atoms with Crippen LogP contribution >= 0.6 is 15.9 Å². The monoisotopic (exact) mass is 313 g/mol. The van der Waals surface area contributed by atoms with Crippen LogP contribution in [-0.4, -0.2) is 35.8 Å². The highest BCUT2D eigenvalue weighted by molar-refractivity contribution is 9.09. The lowest BCUT2D eigenvalue weighted by atomic mass is 10.2. The van der Waals surface area contributed by atoms with Crippen molar-refractivity contribution >= 4 is 21.8 Å². The lowest BCUT2D eigenvalue weighted by Gasteiger charge is -2.18. The van der Waals surface area contributed by atoms with Gasteiger partial charge in [-0.05, 0) is 24.6 Å². The van der Waals surface area contributed by atoms with Gasteiger partial charge in [0.15, 0.2) is 0 Å². The summed E-state index contributed by atoms with van der Waals surface area (Å²) in [6.45, 7) is 5.17. The maximum atomic E-state index is 11.8. The normalized spacial score (nSPS) is 12.0. The zero-order valence-electron chi connectivity index (χ0n) is 11.1. The lowest BCUT2D eigenvalue weighted by molar-refractivity contribution is -0.130. The minimum Gasteiger partial charge on any atom is -0.493 e. The summed E-state index contributed by atoms with van der Waals surface area (Å²) >= 11 is 3.43. The predicted octanol–water partition coefficient (Wildman–Crippen LogP) is 3.01. The lowest BCUT2D eigenvalue weighted by Crippen LogP contribution is -2.32. The van der Waals surface area contributed by atoms with E-state index in [0.717, 1.165) is 11.3 Å². The number of amides is 1. The van der Waals surface area contributed by atoms with Gasteiger partial charge in [-0.3, -0.25) is 4.79 Å². The highest BCUT2D eigenvalue weighted by atomic mass is 79.9. The van der Waals surface area contributed by atoms with Crippen molar-refractivity contribution in [2.45, 2.75) is 25.1 Å². The smallest absolute Gasteiger partial charge is 0.225 e. The SMILES string of the molecule is Cc1cccc(OCCC(=O)N(C)CC(C)Br)c1. The number of alkyl halides is 1. The van der Waals surface area contributed by atoms with Crippen LogP contribution in [-0.2, 0) is 4.79 Å². The van der Waals surface area contributed by atoms with Gasteiger partial charge in [-0.1, -0.05) is 35.0 Å². The Morgan fingerprint density at radius 1 is 1.50 bits per heavy atom. The maximum Gasteiger partial charge on any atom is 0.225 e. The van der Waals surface area contributed by atoms with Crippen molar-refractivity contribution in [3.63, 3.8) is 0 Å². The first-order chi connectivity index (χ1) is 8.49. The van der Waals surface area contributed by atoms with Gasteiger partial charge in [-0.2, -0.15) is 0 Å². The molecule has 3 nitrogen and oxygen atoms in total. The molecule has 4 heteroatoms. The summed E-state index contributed by atoms with van der Waals surface area (Å²) in [7, 11) is 1.81. The number of benzene rings is 1. The Bertz CT molecular complexity index is 393. The predicted molar refractivity (Wildman–Crippen MR) is 77.3 cm³/mol. The molecule has 0 fully saturated rings. The number of ether oxygens (including phenoxy) is 1. The first-order valence-corrected chi connectivity index (χ1v) is 6.98. The third-order valence-corrected chi connectivity index (χ3v) is 2.81. The Morgan fingerprint density at radius 2 is 2.22 bits per heavy atom. The van der Waals surface area contributed by atoms with Gasteiger partial charge in [0, 0.05) is 18.4 Å². The first-order valence-electron chi connectivity index (χ1n) is 6.06. The molecule has 0 N–H and O–H groups in total. The van der Waals surface area contributed by atoms with Crippen molar-refractivity contribution < 1.29 is 9.53 Å². The second kappa shape index (κ2) is 7.41. The topological polar surface area (TPSA) is 29.5 Å². The second-order valence-electron chi connectivity index (χ2n) is 4.47. The maximum absolute atomic E-state index is 11.8. The summed E-state index contributed by atoms with van der Waals surface area (Å²) in [6, 6.07) is 7.84. The van der Waals surface area contributed by atoms with E-state index in [2.05, 4.69) is 15.9 Å². The molecule has 1 aromatic carbocycles. The van der Waals surface area contributed by atoms with E-state index in [1.807, 2.05) is 45.2 Å². The van der Waals surface area contributed by atoms with E-state index in [9.17, 15) is 4.79 Å². The van der Waals surface area contributed by atoms with Crippen LogP contribution in [0.2, 0.25) is 0 Å². The van der Waals surface area contributed by atoms with Crippen LogP contribution in [0.5, 0.6) is 5.75 Å². The molecule has 0 aliphatic carbocycles. The number of carbonyl (C=O) groups is 1. The number of hydrogen-bond donors (Lipinski definition) is 0. The summed E-state index contributed by atoms with van der Waals surface area (Å²) in [5, 5.41) is 0. The summed E-state index contributed by atoms with van der Waals surface area (Å²) in [6.07, 6.45) is 0.407. The molecule has 0 saturated heterocycles. The van der Waals surface area contributed by atoms with Gasteiger partial charge in [-0.25, -0.2) is 0 Å². The molecular formula is C14H20BrNO2. The van der Waals surface area contributed by atoms with E-state index < -0.39 is 0 Å². The zero-order valence-corrected chi connectivity index (χ0v) is 12.7. The fraction of sp³-hybridized carbons (Fsp3) is 0.500. The standard InChI is InChI=1S/C14H20BrNO2/c1-11-5-4-6-13(9-11)18-8-7-14(17)16(3)10-12(2)15/h4-6,9,12H,7-8,10H2,1-3H3. The van der Waals surface area contributed by atoms with E-state index in [0.29, 0.717) is 24.4 Å². The van der Waals surface area contributed by atoms with Crippen LogP contribution in [0, 0.1) is 6.92 Å². The van der Waals surface area contributed by atoms with Gasteiger partial charge >= 0.3 is 0 Å². The fourth-order valence-electron chi connectivity index (χ4n) is 1.63. The van der Waals surface area contributed by atoms with Crippen molar-refractivity contribution in [2.24, 2.45) is 0 Å². The number of hydrogen-bond acceptors (Lipinski definition) is 2. The average Bonchev–Trinajstić information content (AvgIpc) is 2.28. The molecule has 0 aliphatic heterocycles. The number of halogens is 1. The molecule has 0 heterocycles. The van der Waals surface area contributed by atoms with E-state index in [1.165, 1.54) is 0 Å². The van der Waals surface area contributed by atoms with Crippen LogP contribution in [0.15, 0.2) is 24.3 Å². The fourth-order valence-corrected chi connectivity index (χ4v) is 2.07. The van der Waals surface area contributed by atoms with Gasteiger partial charge < -0.3 is 9.64 Å². The Labute approximate surface area is 117 Å². The molecule has 0 spiro atoms. The van der Waals surface area contributed by atoms with E-state index in [4.69, 9.17) is 4.74 Å². The van der Waals surface area contributed by atoms with Crippen LogP contribution in [0.4, 0.5) is 0 Å². The molecule has 1 amide bonds. The molecule has 100 valence electrons. The molecule has 0 aliphatic rings. The Morgan fingerprint density at radius 3 is 2.83 bits per heavy atom. The van der Waals surface area contributed by atoms with Crippen molar-refractivity contribution in [1.82, 2.24) is 4.90 Å². The average molecular weight is 314 g/mol. The van der Waals surface area contributed by atoms with Crippen molar-refractivity contribution in [3.05, 3.63) is 29.8 Å². The van der Waals surface area contributed by atoms with Gasteiger partial charge in [0.05, 0.1) is 13.0 Å². The number of rotatable bonds is 6. The van der Waals surface area contributed by atoms with Crippen molar-refractivity contribution in [1.29, 1.82) is 0 Å². The quantitative estimate of drug-likeness (QED) is 0.756. The summed E-state index contributed by atoms with van der Waals surface area (Å²) < 4.78 is 5.55. The van der Waals surface area contributed by atoms with E-state index in [-0.39, 0.29) is 5.91 Å². The molecule has 0 saturated carbocycles. The van der Waals surface area contributed by atoms with Crippen LogP contribution < -0.4 is 4.74 Å². The molecular weight excluding hydrogens is 294 g/mol. The second-order valence-corrected chi connectivity index (χ2v) is 6.03. The summed E-state index contributed by atoms with van der Waals surface area (Å²) in [5.74, 6) is 0.924. The number of carbonyl (C=O) groups excluding carboxylic acids is 1. The molecule has 0 radical (unpaired) electrons. The molecule has 1 aromatic rings.